The molecule has 0 aromatic heterocycles. The van der Waals surface area contributed by atoms with Gasteiger partial charge in [0.05, 0.1) is 5.41 Å². The standard InChI is InChI=1S/C16H20ClNO3/c1-3-4-16(15(20)21)5-6-18(10-16)14(19)12-7-11(2)8-13(17)9-12/h7-9H,3-6,10H2,1-2H3,(H,20,21). The zero-order valence-electron chi connectivity index (χ0n) is 12.4. The number of rotatable bonds is 4. The Morgan fingerprint density at radius 2 is 2.10 bits per heavy atom. The predicted molar refractivity (Wildman–Crippen MR) is 81.7 cm³/mol. The number of carbonyl (C=O) groups excluding carboxylic acids is 1. The molecule has 21 heavy (non-hydrogen) atoms. The van der Waals surface area contributed by atoms with E-state index in [0.717, 1.165) is 12.0 Å². The highest BCUT2D eigenvalue weighted by Crippen LogP contribution is 2.36. The molecule has 4 nitrogen and oxygen atoms in total. The number of benzene rings is 1. The molecular formula is C16H20ClNO3. The Kier molecular flexibility index (Phi) is 4.57. The molecule has 1 heterocycles. The molecule has 0 saturated carbocycles. The lowest BCUT2D eigenvalue weighted by atomic mass is 9.83. The van der Waals surface area contributed by atoms with Crippen molar-refractivity contribution < 1.29 is 14.7 Å². The van der Waals surface area contributed by atoms with E-state index in [9.17, 15) is 14.7 Å². The predicted octanol–water partition coefficient (Wildman–Crippen LogP) is 3.37. The maximum absolute atomic E-state index is 12.5. The Labute approximate surface area is 129 Å². The Hall–Kier alpha value is -1.55. The SMILES string of the molecule is CCCC1(C(=O)O)CCN(C(=O)c2cc(C)cc(Cl)c2)C1. The summed E-state index contributed by atoms with van der Waals surface area (Å²) in [4.78, 5) is 25.7. The Morgan fingerprint density at radius 3 is 2.67 bits per heavy atom. The van der Waals surface area contributed by atoms with Crippen molar-refractivity contribution in [3.8, 4) is 0 Å². The summed E-state index contributed by atoms with van der Waals surface area (Å²) in [6.07, 6.45) is 1.91. The van der Waals surface area contributed by atoms with Crippen molar-refractivity contribution in [2.45, 2.75) is 33.1 Å². The van der Waals surface area contributed by atoms with Crippen LogP contribution in [0.4, 0.5) is 0 Å². The minimum absolute atomic E-state index is 0.139. The highest BCUT2D eigenvalue weighted by Gasteiger charge is 2.45. The van der Waals surface area contributed by atoms with Gasteiger partial charge in [-0.1, -0.05) is 24.9 Å². The summed E-state index contributed by atoms with van der Waals surface area (Å²) in [6.45, 7) is 4.61. The molecule has 1 amide bonds. The number of hydrogen-bond acceptors (Lipinski definition) is 2. The van der Waals surface area contributed by atoms with Gasteiger partial charge in [-0.15, -0.1) is 0 Å². The van der Waals surface area contributed by atoms with Crippen molar-refractivity contribution in [2.24, 2.45) is 5.41 Å². The minimum Gasteiger partial charge on any atom is -0.481 e. The first-order valence-electron chi connectivity index (χ1n) is 7.18. The van der Waals surface area contributed by atoms with Crippen molar-refractivity contribution in [1.29, 1.82) is 0 Å². The second-order valence-corrected chi connectivity index (χ2v) is 6.27. The number of likely N-dealkylation sites (tertiary alicyclic amines) is 1. The average molecular weight is 310 g/mol. The fourth-order valence-electron chi connectivity index (χ4n) is 3.05. The van der Waals surface area contributed by atoms with Gasteiger partial charge in [0.1, 0.15) is 0 Å². The first kappa shape index (κ1) is 15.8. The summed E-state index contributed by atoms with van der Waals surface area (Å²) >= 11 is 5.99. The summed E-state index contributed by atoms with van der Waals surface area (Å²) in [7, 11) is 0. The zero-order valence-corrected chi connectivity index (χ0v) is 13.1. The number of carboxylic acids is 1. The second kappa shape index (κ2) is 6.06. The lowest BCUT2D eigenvalue weighted by molar-refractivity contribution is -0.148. The van der Waals surface area contributed by atoms with Gasteiger partial charge in [0.25, 0.3) is 5.91 Å². The summed E-state index contributed by atoms with van der Waals surface area (Å²) in [5.41, 5.74) is 0.652. The van der Waals surface area contributed by atoms with E-state index < -0.39 is 11.4 Å². The smallest absolute Gasteiger partial charge is 0.311 e. The minimum atomic E-state index is -0.804. The van der Waals surface area contributed by atoms with Gasteiger partial charge in [0.2, 0.25) is 0 Å². The number of carbonyl (C=O) groups is 2. The third-order valence-corrected chi connectivity index (χ3v) is 4.33. The zero-order chi connectivity index (χ0) is 15.6. The molecule has 0 spiro atoms. The third kappa shape index (κ3) is 3.21. The summed E-state index contributed by atoms with van der Waals surface area (Å²) < 4.78 is 0. The number of nitrogens with zero attached hydrogens (tertiary/aromatic N) is 1. The van der Waals surface area contributed by atoms with Crippen LogP contribution in [0.25, 0.3) is 0 Å². The van der Waals surface area contributed by atoms with E-state index in [4.69, 9.17) is 11.6 Å². The molecule has 1 fully saturated rings. The van der Waals surface area contributed by atoms with Crippen LogP contribution in [0.5, 0.6) is 0 Å². The van der Waals surface area contributed by atoms with Crippen LogP contribution in [0.2, 0.25) is 5.02 Å². The van der Waals surface area contributed by atoms with Gasteiger partial charge >= 0.3 is 5.97 Å². The molecule has 0 bridgehead atoms. The maximum Gasteiger partial charge on any atom is 0.311 e. The molecule has 1 unspecified atom stereocenters. The lowest BCUT2D eigenvalue weighted by Crippen LogP contribution is -2.37. The van der Waals surface area contributed by atoms with E-state index in [0.29, 0.717) is 30.0 Å². The third-order valence-electron chi connectivity index (χ3n) is 4.11. The number of aryl methyl sites for hydroxylation is 1. The van der Waals surface area contributed by atoms with Crippen LogP contribution in [-0.4, -0.2) is 35.0 Å². The molecular weight excluding hydrogens is 290 g/mol. The van der Waals surface area contributed by atoms with Gasteiger partial charge in [-0.3, -0.25) is 9.59 Å². The summed E-state index contributed by atoms with van der Waals surface area (Å²) in [5, 5.41) is 10.0. The summed E-state index contributed by atoms with van der Waals surface area (Å²) in [6, 6.07) is 5.22. The molecule has 0 aliphatic carbocycles. The van der Waals surface area contributed by atoms with Gasteiger partial charge in [-0.2, -0.15) is 0 Å². The van der Waals surface area contributed by atoms with Crippen molar-refractivity contribution in [3.05, 3.63) is 34.3 Å². The quantitative estimate of drug-likeness (QED) is 0.927. The monoisotopic (exact) mass is 309 g/mol. The fraction of sp³-hybridized carbons (Fsp3) is 0.500. The molecule has 1 aromatic rings. The number of hydrogen-bond donors (Lipinski definition) is 1. The highest BCUT2D eigenvalue weighted by atomic mass is 35.5. The number of amides is 1. The topological polar surface area (TPSA) is 57.6 Å². The number of halogens is 1. The maximum atomic E-state index is 12.5. The number of carboxylic acid groups (broad SMARTS) is 1. The molecule has 2 rings (SSSR count). The first-order chi connectivity index (χ1) is 9.88. The van der Waals surface area contributed by atoms with E-state index in [1.807, 2.05) is 13.8 Å². The highest BCUT2D eigenvalue weighted by molar-refractivity contribution is 6.31. The van der Waals surface area contributed by atoms with Gasteiger partial charge < -0.3 is 10.0 Å². The molecule has 0 radical (unpaired) electrons. The van der Waals surface area contributed by atoms with Crippen LogP contribution in [0.3, 0.4) is 0 Å². The van der Waals surface area contributed by atoms with Crippen LogP contribution in [0.15, 0.2) is 18.2 Å². The van der Waals surface area contributed by atoms with E-state index in [1.165, 1.54) is 0 Å². The van der Waals surface area contributed by atoms with E-state index >= 15 is 0 Å². The van der Waals surface area contributed by atoms with Gasteiger partial charge in [0.15, 0.2) is 0 Å². The van der Waals surface area contributed by atoms with Gasteiger partial charge in [0, 0.05) is 23.7 Å². The van der Waals surface area contributed by atoms with E-state index in [1.54, 1.807) is 23.1 Å². The normalized spacial score (nSPS) is 21.6. The van der Waals surface area contributed by atoms with Crippen LogP contribution in [0.1, 0.15) is 42.1 Å². The molecule has 1 saturated heterocycles. The van der Waals surface area contributed by atoms with Crippen LogP contribution in [-0.2, 0) is 4.79 Å². The molecule has 5 heteroatoms. The number of aliphatic carboxylic acids is 1. The van der Waals surface area contributed by atoms with Gasteiger partial charge in [-0.25, -0.2) is 0 Å². The first-order valence-corrected chi connectivity index (χ1v) is 7.55. The van der Waals surface area contributed by atoms with Crippen LogP contribution >= 0.6 is 11.6 Å². The molecule has 1 aliphatic heterocycles. The Bertz CT molecular complexity index is 552. The average Bonchev–Trinajstić information content (AvgIpc) is 2.83. The van der Waals surface area contributed by atoms with Crippen LogP contribution < -0.4 is 0 Å². The second-order valence-electron chi connectivity index (χ2n) is 5.83. The van der Waals surface area contributed by atoms with E-state index in [-0.39, 0.29) is 12.5 Å². The molecule has 1 aromatic carbocycles. The fourth-order valence-corrected chi connectivity index (χ4v) is 3.34. The lowest BCUT2D eigenvalue weighted by Gasteiger charge is -2.24. The van der Waals surface area contributed by atoms with Crippen molar-refractivity contribution in [2.75, 3.05) is 13.1 Å². The summed E-state index contributed by atoms with van der Waals surface area (Å²) in [5.74, 6) is -0.943. The molecule has 1 aliphatic rings. The van der Waals surface area contributed by atoms with Crippen LogP contribution in [0, 0.1) is 12.3 Å². The van der Waals surface area contributed by atoms with E-state index in [2.05, 4.69) is 0 Å². The Morgan fingerprint density at radius 1 is 1.38 bits per heavy atom. The molecule has 114 valence electrons. The van der Waals surface area contributed by atoms with Crippen molar-refractivity contribution in [1.82, 2.24) is 4.90 Å². The largest absolute Gasteiger partial charge is 0.481 e. The van der Waals surface area contributed by atoms with Crippen molar-refractivity contribution in [3.63, 3.8) is 0 Å². The van der Waals surface area contributed by atoms with Gasteiger partial charge in [-0.05, 0) is 43.5 Å². The molecule has 1 atom stereocenters. The molecule has 1 N–H and O–H groups in total. The Balaban J connectivity index is 2.20. The van der Waals surface area contributed by atoms with Crippen molar-refractivity contribution >= 4 is 23.5 Å².